The van der Waals surface area contributed by atoms with Gasteiger partial charge in [-0.1, -0.05) is 47.4 Å². The number of aromatic nitrogens is 2. The van der Waals surface area contributed by atoms with Crippen LogP contribution in [-0.2, 0) is 17.9 Å². The van der Waals surface area contributed by atoms with E-state index in [0.717, 1.165) is 16.9 Å². The third kappa shape index (κ3) is 6.21. The summed E-state index contributed by atoms with van der Waals surface area (Å²) in [5.41, 5.74) is 1.95. The average Bonchev–Trinajstić information content (AvgIpc) is 3.18. The number of carbonyl (C=O) groups excluding carboxylic acids is 1. The highest BCUT2D eigenvalue weighted by Crippen LogP contribution is 2.25. The van der Waals surface area contributed by atoms with Gasteiger partial charge in [0.1, 0.15) is 11.6 Å². The molecule has 6 nitrogen and oxygen atoms in total. The summed E-state index contributed by atoms with van der Waals surface area (Å²) in [4.78, 5) is 12.0. The molecule has 1 aromatic heterocycles. The highest BCUT2D eigenvalue weighted by molar-refractivity contribution is 8.01. The minimum absolute atomic E-state index is 0.0724. The number of methoxy groups -OCH3 is 1. The molecule has 146 valence electrons. The minimum atomic E-state index is -0.261. The van der Waals surface area contributed by atoms with Gasteiger partial charge in [0.15, 0.2) is 4.34 Å². The number of benzene rings is 2. The fourth-order valence-corrected chi connectivity index (χ4v) is 3.82. The predicted molar refractivity (Wildman–Crippen MR) is 109 cm³/mol. The van der Waals surface area contributed by atoms with Gasteiger partial charge in [-0.15, -0.1) is 10.2 Å². The molecule has 0 spiro atoms. The molecule has 0 aliphatic carbocycles. The van der Waals surface area contributed by atoms with Crippen LogP contribution in [0.25, 0.3) is 0 Å². The number of halogens is 1. The number of rotatable bonds is 9. The normalized spacial score (nSPS) is 10.5. The standard InChI is InChI=1S/C19H19FN4O2S2/c1-26-16-8-4-14(5-9-16)10-21-17(25)12-27-19-24-23-18(28-19)22-11-13-2-6-15(20)7-3-13/h2-9H,10-12H2,1H3,(H,21,25)(H,22,23). The first-order valence-corrected chi connectivity index (χ1v) is 10.3. The summed E-state index contributed by atoms with van der Waals surface area (Å²) in [5.74, 6) is 0.717. The van der Waals surface area contributed by atoms with Gasteiger partial charge in [-0.25, -0.2) is 4.39 Å². The maximum absolute atomic E-state index is 12.9. The molecule has 0 saturated heterocycles. The third-order valence-electron chi connectivity index (χ3n) is 3.74. The number of nitrogens with zero attached hydrogens (tertiary/aromatic N) is 2. The molecule has 3 rings (SSSR count). The molecule has 28 heavy (non-hydrogen) atoms. The number of ether oxygens (including phenoxy) is 1. The molecule has 0 aliphatic rings. The molecule has 0 fully saturated rings. The quantitative estimate of drug-likeness (QED) is 0.516. The summed E-state index contributed by atoms with van der Waals surface area (Å²) in [6.45, 7) is 0.992. The summed E-state index contributed by atoms with van der Waals surface area (Å²) in [5, 5.41) is 14.8. The van der Waals surface area contributed by atoms with Gasteiger partial charge in [0.2, 0.25) is 11.0 Å². The van der Waals surface area contributed by atoms with Crippen molar-refractivity contribution in [2.24, 2.45) is 0 Å². The zero-order valence-electron chi connectivity index (χ0n) is 15.1. The third-order valence-corrected chi connectivity index (χ3v) is 5.75. The molecule has 0 atom stereocenters. The van der Waals surface area contributed by atoms with E-state index in [-0.39, 0.29) is 17.5 Å². The van der Waals surface area contributed by atoms with Crippen molar-refractivity contribution in [1.29, 1.82) is 0 Å². The Balaban J connectivity index is 1.39. The summed E-state index contributed by atoms with van der Waals surface area (Å²) in [7, 11) is 1.62. The molecular formula is C19H19FN4O2S2. The molecule has 1 heterocycles. The molecule has 2 N–H and O–H groups in total. The van der Waals surface area contributed by atoms with E-state index < -0.39 is 0 Å². The lowest BCUT2D eigenvalue weighted by Gasteiger charge is -2.05. The van der Waals surface area contributed by atoms with Crippen LogP contribution < -0.4 is 15.4 Å². The van der Waals surface area contributed by atoms with Gasteiger partial charge in [0, 0.05) is 13.1 Å². The van der Waals surface area contributed by atoms with Crippen molar-refractivity contribution in [2.45, 2.75) is 17.4 Å². The summed E-state index contributed by atoms with van der Waals surface area (Å²) in [6.07, 6.45) is 0. The molecular weight excluding hydrogens is 399 g/mol. The van der Waals surface area contributed by atoms with Gasteiger partial charge in [0.25, 0.3) is 0 Å². The zero-order chi connectivity index (χ0) is 19.8. The van der Waals surface area contributed by atoms with E-state index in [1.807, 2.05) is 24.3 Å². The highest BCUT2D eigenvalue weighted by atomic mass is 32.2. The Morgan fingerprint density at radius 3 is 2.46 bits per heavy atom. The van der Waals surface area contributed by atoms with Crippen LogP contribution in [0, 0.1) is 5.82 Å². The van der Waals surface area contributed by atoms with Gasteiger partial charge in [-0.05, 0) is 35.4 Å². The highest BCUT2D eigenvalue weighted by Gasteiger charge is 2.08. The Morgan fingerprint density at radius 1 is 1.07 bits per heavy atom. The maximum Gasteiger partial charge on any atom is 0.230 e. The number of hydrogen-bond donors (Lipinski definition) is 2. The van der Waals surface area contributed by atoms with Crippen LogP contribution in [0.4, 0.5) is 9.52 Å². The Labute approximate surface area is 170 Å². The molecule has 3 aromatic rings. The number of thioether (sulfide) groups is 1. The smallest absolute Gasteiger partial charge is 0.230 e. The van der Waals surface area contributed by atoms with E-state index in [4.69, 9.17) is 4.74 Å². The number of carbonyl (C=O) groups is 1. The van der Waals surface area contributed by atoms with Crippen molar-refractivity contribution in [2.75, 3.05) is 18.2 Å². The summed E-state index contributed by atoms with van der Waals surface area (Å²) >= 11 is 2.71. The lowest BCUT2D eigenvalue weighted by Crippen LogP contribution is -2.24. The molecule has 1 amide bonds. The molecule has 0 aliphatic heterocycles. The van der Waals surface area contributed by atoms with Gasteiger partial charge in [0.05, 0.1) is 12.9 Å². The van der Waals surface area contributed by atoms with Crippen LogP contribution in [0.3, 0.4) is 0 Å². The van der Waals surface area contributed by atoms with Gasteiger partial charge in [-0.3, -0.25) is 4.79 Å². The van der Waals surface area contributed by atoms with E-state index in [2.05, 4.69) is 20.8 Å². The van der Waals surface area contributed by atoms with Crippen molar-refractivity contribution in [1.82, 2.24) is 15.5 Å². The largest absolute Gasteiger partial charge is 0.497 e. The number of anilines is 1. The van der Waals surface area contributed by atoms with Gasteiger partial charge >= 0.3 is 0 Å². The Hall–Kier alpha value is -2.65. The van der Waals surface area contributed by atoms with Crippen LogP contribution in [0.15, 0.2) is 52.9 Å². The average molecular weight is 419 g/mol. The van der Waals surface area contributed by atoms with E-state index in [9.17, 15) is 9.18 Å². The van der Waals surface area contributed by atoms with Crippen LogP contribution in [0.5, 0.6) is 5.75 Å². The number of amides is 1. The molecule has 0 saturated carbocycles. The number of hydrogen-bond acceptors (Lipinski definition) is 7. The van der Waals surface area contributed by atoms with Crippen LogP contribution in [0.1, 0.15) is 11.1 Å². The van der Waals surface area contributed by atoms with E-state index in [1.54, 1.807) is 19.2 Å². The lowest BCUT2D eigenvalue weighted by atomic mass is 10.2. The molecule has 0 unspecified atom stereocenters. The first-order valence-electron chi connectivity index (χ1n) is 8.46. The molecule has 9 heteroatoms. The first kappa shape index (κ1) is 20.1. The van der Waals surface area contributed by atoms with Gasteiger partial charge < -0.3 is 15.4 Å². The number of nitrogens with one attached hydrogen (secondary N) is 2. The molecule has 2 aromatic carbocycles. The fraction of sp³-hybridized carbons (Fsp3) is 0.211. The van der Waals surface area contributed by atoms with Crippen LogP contribution in [-0.4, -0.2) is 29.0 Å². The van der Waals surface area contributed by atoms with E-state index in [1.165, 1.54) is 35.2 Å². The van der Waals surface area contributed by atoms with Crippen molar-refractivity contribution in [3.8, 4) is 5.75 Å². The Kier molecular flexibility index (Phi) is 7.21. The van der Waals surface area contributed by atoms with E-state index in [0.29, 0.717) is 22.6 Å². The van der Waals surface area contributed by atoms with Crippen LogP contribution in [0.2, 0.25) is 0 Å². The Morgan fingerprint density at radius 2 is 1.75 bits per heavy atom. The second-order valence-electron chi connectivity index (χ2n) is 5.77. The second kappa shape index (κ2) is 10.0. The summed E-state index contributed by atoms with van der Waals surface area (Å²) in [6, 6.07) is 13.8. The fourth-order valence-electron chi connectivity index (χ4n) is 2.24. The Bertz CT molecular complexity index is 901. The second-order valence-corrected chi connectivity index (χ2v) is 7.97. The van der Waals surface area contributed by atoms with Crippen molar-refractivity contribution >= 4 is 34.1 Å². The van der Waals surface area contributed by atoms with Crippen molar-refractivity contribution in [3.63, 3.8) is 0 Å². The van der Waals surface area contributed by atoms with Crippen LogP contribution >= 0.6 is 23.1 Å². The van der Waals surface area contributed by atoms with E-state index >= 15 is 0 Å². The lowest BCUT2D eigenvalue weighted by molar-refractivity contribution is -0.118. The first-order chi connectivity index (χ1) is 13.6. The minimum Gasteiger partial charge on any atom is -0.497 e. The molecule has 0 radical (unpaired) electrons. The van der Waals surface area contributed by atoms with Gasteiger partial charge in [-0.2, -0.15) is 0 Å². The van der Waals surface area contributed by atoms with Crippen molar-refractivity contribution < 1.29 is 13.9 Å². The summed E-state index contributed by atoms with van der Waals surface area (Å²) < 4.78 is 18.7. The topological polar surface area (TPSA) is 76.1 Å². The van der Waals surface area contributed by atoms with Crippen molar-refractivity contribution in [3.05, 3.63) is 65.5 Å². The SMILES string of the molecule is COc1ccc(CNC(=O)CSc2nnc(NCc3ccc(F)cc3)s2)cc1. The predicted octanol–water partition coefficient (Wildman–Crippen LogP) is 3.71. The monoisotopic (exact) mass is 418 g/mol. The molecule has 0 bridgehead atoms. The zero-order valence-corrected chi connectivity index (χ0v) is 16.8. The maximum atomic E-state index is 12.9.